The van der Waals surface area contributed by atoms with E-state index in [1.54, 1.807) is 17.9 Å². The highest BCUT2D eigenvalue weighted by Gasteiger charge is 2.31. The van der Waals surface area contributed by atoms with E-state index < -0.39 is 6.10 Å². The van der Waals surface area contributed by atoms with Crippen LogP contribution in [0.25, 0.3) is 0 Å². The van der Waals surface area contributed by atoms with Gasteiger partial charge in [-0.25, -0.2) is 0 Å². The molecule has 150 valence electrons. The average Bonchev–Trinajstić information content (AvgIpc) is 2.67. The second-order valence-electron chi connectivity index (χ2n) is 7.41. The first-order valence-electron chi connectivity index (χ1n) is 9.80. The van der Waals surface area contributed by atoms with Crippen LogP contribution in [0.5, 0.6) is 5.75 Å². The summed E-state index contributed by atoms with van der Waals surface area (Å²) in [6, 6.07) is 5.51. The first-order chi connectivity index (χ1) is 12.8. The van der Waals surface area contributed by atoms with Gasteiger partial charge in [0.15, 0.2) is 6.10 Å². The van der Waals surface area contributed by atoms with Crippen molar-refractivity contribution in [3.8, 4) is 5.75 Å². The van der Waals surface area contributed by atoms with Gasteiger partial charge in [0, 0.05) is 32.6 Å². The highest BCUT2D eigenvalue weighted by molar-refractivity contribution is 6.32. The minimum absolute atomic E-state index is 0.0124. The monoisotopic (exact) mass is 394 g/mol. The summed E-state index contributed by atoms with van der Waals surface area (Å²) in [5.41, 5.74) is 1.03. The maximum atomic E-state index is 12.7. The molecule has 0 radical (unpaired) electrons. The van der Waals surface area contributed by atoms with Crippen LogP contribution < -0.4 is 4.74 Å². The van der Waals surface area contributed by atoms with Gasteiger partial charge in [0.1, 0.15) is 5.75 Å². The van der Waals surface area contributed by atoms with Crippen LogP contribution in [0, 0.1) is 12.8 Å². The number of halogens is 1. The Balaban J connectivity index is 1.86. The Bertz CT molecular complexity index is 657. The van der Waals surface area contributed by atoms with E-state index in [1.807, 2.05) is 31.0 Å². The van der Waals surface area contributed by atoms with Crippen molar-refractivity contribution in [2.24, 2.45) is 5.92 Å². The van der Waals surface area contributed by atoms with E-state index >= 15 is 0 Å². The van der Waals surface area contributed by atoms with Crippen molar-refractivity contribution in [3.05, 3.63) is 28.8 Å². The Morgan fingerprint density at radius 3 is 2.63 bits per heavy atom. The van der Waals surface area contributed by atoms with Crippen molar-refractivity contribution in [1.29, 1.82) is 0 Å². The molecule has 0 aliphatic carbocycles. The van der Waals surface area contributed by atoms with E-state index in [2.05, 4.69) is 6.92 Å². The maximum Gasteiger partial charge on any atom is 0.263 e. The number of likely N-dealkylation sites (tertiary alicyclic amines) is 1. The third-order valence-corrected chi connectivity index (χ3v) is 5.43. The number of hydrogen-bond acceptors (Lipinski definition) is 3. The lowest BCUT2D eigenvalue weighted by Crippen LogP contribution is -2.47. The van der Waals surface area contributed by atoms with E-state index in [9.17, 15) is 9.59 Å². The van der Waals surface area contributed by atoms with Crippen LogP contribution in [-0.4, -0.2) is 54.4 Å². The molecule has 2 amide bonds. The zero-order chi connectivity index (χ0) is 20.0. The zero-order valence-corrected chi connectivity index (χ0v) is 17.6. The summed E-state index contributed by atoms with van der Waals surface area (Å²) in [6.07, 6.45) is 2.91. The molecule has 0 N–H and O–H groups in total. The fraction of sp³-hybridized carbons (Fsp3) is 0.619. The molecule has 1 atom stereocenters. The van der Waals surface area contributed by atoms with Crippen molar-refractivity contribution in [1.82, 2.24) is 9.80 Å². The Kier molecular flexibility index (Phi) is 7.96. The van der Waals surface area contributed by atoms with Gasteiger partial charge < -0.3 is 14.5 Å². The number of carbonyl (C=O) groups is 2. The normalized spacial score (nSPS) is 16.1. The summed E-state index contributed by atoms with van der Waals surface area (Å²) < 4.78 is 5.80. The van der Waals surface area contributed by atoms with Gasteiger partial charge in [-0.3, -0.25) is 9.59 Å². The van der Waals surface area contributed by atoms with Gasteiger partial charge in [0.2, 0.25) is 5.91 Å². The van der Waals surface area contributed by atoms with E-state index in [-0.39, 0.29) is 17.7 Å². The summed E-state index contributed by atoms with van der Waals surface area (Å²) in [6.45, 7) is 7.80. The van der Waals surface area contributed by atoms with Crippen LogP contribution in [0.4, 0.5) is 0 Å². The van der Waals surface area contributed by atoms with Gasteiger partial charge in [0.05, 0.1) is 5.02 Å². The molecule has 1 aromatic rings. The third-order valence-electron chi connectivity index (χ3n) is 5.12. The molecule has 0 saturated carbocycles. The molecule has 0 aromatic heterocycles. The number of unbranched alkanes of at least 4 members (excludes halogenated alkanes) is 1. The SMILES string of the molecule is CCCCN(C)C(=O)C1CCN(C(=O)C(C)Oc2cc(C)ccc2Cl)CC1. The Morgan fingerprint density at radius 2 is 2.00 bits per heavy atom. The molecule has 0 spiro atoms. The van der Waals surface area contributed by atoms with E-state index in [0.717, 1.165) is 24.9 Å². The fourth-order valence-electron chi connectivity index (χ4n) is 3.36. The fourth-order valence-corrected chi connectivity index (χ4v) is 3.52. The van der Waals surface area contributed by atoms with Crippen LogP contribution in [0.15, 0.2) is 18.2 Å². The smallest absolute Gasteiger partial charge is 0.263 e. The minimum Gasteiger partial charge on any atom is -0.479 e. The number of nitrogens with zero attached hydrogens (tertiary/aromatic N) is 2. The predicted molar refractivity (Wildman–Crippen MR) is 108 cm³/mol. The molecule has 2 rings (SSSR count). The summed E-state index contributed by atoms with van der Waals surface area (Å²) in [5, 5.41) is 0.500. The molecule has 1 heterocycles. The number of ether oxygens (including phenoxy) is 1. The first kappa shape index (κ1) is 21.5. The quantitative estimate of drug-likeness (QED) is 0.704. The van der Waals surface area contributed by atoms with Crippen LogP contribution in [0.3, 0.4) is 0 Å². The zero-order valence-electron chi connectivity index (χ0n) is 16.8. The molecule has 6 heteroatoms. The second kappa shape index (κ2) is 9.98. The highest BCUT2D eigenvalue weighted by Crippen LogP contribution is 2.27. The summed E-state index contributed by atoms with van der Waals surface area (Å²) in [5.74, 6) is 0.683. The molecule has 1 saturated heterocycles. The van der Waals surface area contributed by atoms with E-state index in [0.29, 0.717) is 36.7 Å². The largest absolute Gasteiger partial charge is 0.479 e. The van der Waals surface area contributed by atoms with Gasteiger partial charge in [0.25, 0.3) is 5.91 Å². The second-order valence-corrected chi connectivity index (χ2v) is 7.81. The van der Waals surface area contributed by atoms with Gasteiger partial charge >= 0.3 is 0 Å². The number of benzene rings is 1. The third kappa shape index (κ3) is 5.86. The lowest BCUT2D eigenvalue weighted by molar-refractivity contribution is -0.143. The standard InChI is InChI=1S/C21H31ClN2O3/c1-5-6-11-23(4)21(26)17-9-12-24(13-10-17)20(25)16(3)27-19-14-15(2)7-8-18(19)22/h7-8,14,16-17H,5-6,9-13H2,1-4H3. The highest BCUT2D eigenvalue weighted by atomic mass is 35.5. The van der Waals surface area contributed by atoms with Crippen LogP contribution in [-0.2, 0) is 9.59 Å². The Hall–Kier alpha value is -1.75. The predicted octanol–water partition coefficient (Wildman–Crippen LogP) is 3.91. The molecular weight excluding hydrogens is 364 g/mol. The van der Waals surface area contributed by atoms with Crippen molar-refractivity contribution < 1.29 is 14.3 Å². The van der Waals surface area contributed by atoms with Crippen molar-refractivity contribution in [2.45, 2.75) is 52.6 Å². The summed E-state index contributed by atoms with van der Waals surface area (Å²) in [7, 11) is 1.87. The first-order valence-corrected chi connectivity index (χ1v) is 10.2. The van der Waals surface area contributed by atoms with Crippen LogP contribution >= 0.6 is 11.6 Å². The Labute approximate surface area is 167 Å². The van der Waals surface area contributed by atoms with Gasteiger partial charge in [-0.15, -0.1) is 0 Å². The van der Waals surface area contributed by atoms with E-state index in [4.69, 9.17) is 16.3 Å². The number of piperidine rings is 1. The lowest BCUT2D eigenvalue weighted by Gasteiger charge is -2.34. The molecule has 5 nitrogen and oxygen atoms in total. The minimum atomic E-state index is -0.608. The molecule has 1 aliphatic rings. The number of rotatable bonds is 7. The van der Waals surface area contributed by atoms with Crippen LogP contribution in [0.2, 0.25) is 5.02 Å². The van der Waals surface area contributed by atoms with Gasteiger partial charge in [-0.05, 0) is 50.8 Å². The summed E-state index contributed by atoms with van der Waals surface area (Å²) >= 11 is 6.16. The molecular formula is C21H31ClN2O3. The number of carbonyl (C=O) groups excluding carboxylic acids is 2. The average molecular weight is 395 g/mol. The number of hydrogen-bond donors (Lipinski definition) is 0. The van der Waals surface area contributed by atoms with E-state index in [1.165, 1.54) is 0 Å². The van der Waals surface area contributed by atoms with Gasteiger partial charge in [-0.2, -0.15) is 0 Å². The van der Waals surface area contributed by atoms with Crippen molar-refractivity contribution in [3.63, 3.8) is 0 Å². The maximum absolute atomic E-state index is 12.7. The number of aryl methyl sites for hydroxylation is 1. The topological polar surface area (TPSA) is 49.9 Å². The molecule has 27 heavy (non-hydrogen) atoms. The number of amides is 2. The van der Waals surface area contributed by atoms with Crippen molar-refractivity contribution >= 4 is 23.4 Å². The molecule has 1 aromatic carbocycles. The molecule has 1 fully saturated rings. The Morgan fingerprint density at radius 1 is 1.33 bits per heavy atom. The summed E-state index contributed by atoms with van der Waals surface area (Å²) in [4.78, 5) is 28.8. The molecule has 0 bridgehead atoms. The molecule has 1 aliphatic heterocycles. The lowest BCUT2D eigenvalue weighted by atomic mass is 9.95. The molecule has 1 unspecified atom stereocenters. The van der Waals surface area contributed by atoms with Crippen molar-refractivity contribution in [2.75, 3.05) is 26.7 Å². The van der Waals surface area contributed by atoms with Gasteiger partial charge in [-0.1, -0.05) is 31.0 Å². The van der Waals surface area contributed by atoms with Crippen LogP contribution in [0.1, 0.15) is 45.1 Å².